The fourth-order valence-electron chi connectivity index (χ4n) is 6.75. The van der Waals surface area contributed by atoms with Gasteiger partial charge in [0.05, 0.1) is 11.0 Å². The van der Waals surface area contributed by atoms with E-state index in [1.54, 1.807) is 42.5 Å². The largest absolute Gasteiger partial charge is 0.504 e. The van der Waals surface area contributed by atoms with Crippen LogP contribution >= 0.6 is 0 Å². The molecule has 2 bridgehead atoms. The van der Waals surface area contributed by atoms with Crippen molar-refractivity contribution in [1.82, 2.24) is 0 Å². The van der Waals surface area contributed by atoms with Crippen LogP contribution in [-0.4, -0.2) is 33.9 Å². The lowest BCUT2D eigenvalue weighted by molar-refractivity contribution is -0.172. The quantitative estimate of drug-likeness (QED) is 0.669. The Morgan fingerprint density at radius 2 is 1.97 bits per heavy atom. The number of carbonyl (C=O) groups excluding carboxylic acids is 2. The van der Waals surface area contributed by atoms with E-state index in [1.165, 1.54) is 6.92 Å². The maximum atomic E-state index is 13.3. The molecule has 7 nitrogen and oxygen atoms in total. The number of phenols is 1. The fourth-order valence-corrected chi connectivity index (χ4v) is 6.75. The van der Waals surface area contributed by atoms with Gasteiger partial charge in [0.2, 0.25) is 6.10 Å². The SMILES string of the molecule is CC(=O)O[C@H](C(=O)OC1=CC[C@]2(O)[C@H]3CCC[C@]24c2c(ccc(O)c2O[C@H]14)C3)c1ccccc1. The highest BCUT2D eigenvalue weighted by Gasteiger charge is 2.70. The molecule has 0 saturated heterocycles. The van der Waals surface area contributed by atoms with Crippen molar-refractivity contribution in [3.05, 3.63) is 71.0 Å². The molecule has 1 saturated carbocycles. The first-order valence-electron chi connectivity index (χ1n) is 11.7. The second-order valence-corrected chi connectivity index (χ2v) is 9.77. The average Bonchev–Trinajstić information content (AvgIpc) is 3.16. The van der Waals surface area contributed by atoms with Gasteiger partial charge in [0.1, 0.15) is 5.76 Å². The van der Waals surface area contributed by atoms with Crippen LogP contribution in [-0.2, 0) is 30.9 Å². The fraction of sp³-hybridized carbons (Fsp3) is 0.407. The zero-order valence-corrected chi connectivity index (χ0v) is 18.8. The lowest BCUT2D eigenvalue weighted by Crippen LogP contribution is -2.67. The van der Waals surface area contributed by atoms with E-state index in [-0.39, 0.29) is 17.4 Å². The molecule has 3 aliphatic carbocycles. The molecule has 1 heterocycles. The number of hydrogen-bond donors (Lipinski definition) is 2. The van der Waals surface area contributed by atoms with E-state index in [9.17, 15) is 19.8 Å². The number of carbonyl (C=O) groups is 2. The lowest BCUT2D eigenvalue weighted by atomic mass is 9.47. The van der Waals surface area contributed by atoms with Gasteiger partial charge >= 0.3 is 11.9 Å². The van der Waals surface area contributed by atoms with Gasteiger partial charge in [-0.25, -0.2) is 4.79 Å². The Labute approximate surface area is 197 Å². The lowest BCUT2D eigenvalue weighted by Gasteiger charge is -2.59. The topological polar surface area (TPSA) is 102 Å². The zero-order chi connectivity index (χ0) is 23.7. The van der Waals surface area contributed by atoms with E-state index < -0.39 is 35.2 Å². The summed E-state index contributed by atoms with van der Waals surface area (Å²) < 4.78 is 17.5. The summed E-state index contributed by atoms with van der Waals surface area (Å²) in [5, 5.41) is 22.6. The summed E-state index contributed by atoms with van der Waals surface area (Å²) in [6, 6.07) is 12.2. The van der Waals surface area contributed by atoms with Crippen LogP contribution in [0.3, 0.4) is 0 Å². The number of hydrogen-bond acceptors (Lipinski definition) is 7. The minimum Gasteiger partial charge on any atom is -0.504 e. The van der Waals surface area contributed by atoms with Crippen molar-refractivity contribution in [2.45, 2.75) is 62.3 Å². The van der Waals surface area contributed by atoms with Gasteiger partial charge in [0.15, 0.2) is 17.6 Å². The third kappa shape index (κ3) is 2.73. The average molecular weight is 462 g/mol. The second-order valence-electron chi connectivity index (χ2n) is 9.77. The molecule has 2 aromatic carbocycles. The number of aliphatic hydroxyl groups is 1. The molecule has 0 radical (unpaired) electrons. The number of phenolic OH excluding ortho intramolecular Hbond substituents is 1. The van der Waals surface area contributed by atoms with Gasteiger partial charge in [-0.3, -0.25) is 4.79 Å². The minimum absolute atomic E-state index is 0.0154. The van der Waals surface area contributed by atoms with E-state index >= 15 is 0 Å². The summed E-state index contributed by atoms with van der Waals surface area (Å²) in [4.78, 5) is 25.0. The molecule has 0 aromatic heterocycles. The number of esters is 2. The van der Waals surface area contributed by atoms with Crippen LogP contribution in [0, 0.1) is 5.92 Å². The van der Waals surface area contributed by atoms with Gasteiger partial charge in [-0.05, 0) is 49.3 Å². The molecule has 1 fully saturated rings. The predicted molar refractivity (Wildman–Crippen MR) is 120 cm³/mol. The van der Waals surface area contributed by atoms with E-state index in [0.29, 0.717) is 24.2 Å². The normalized spacial score (nSPS) is 30.9. The van der Waals surface area contributed by atoms with Crippen molar-refractivity contribution in [3.8, 4) is 11.5 Å². The Hall–Kier alpha value is -3.32. The molecular weight excluding hydrogens is 436 g/mol. The van der Waals surface area contributed by atoms with Gasteiger partial charge < -0.3 is 24.4 Å². The van der Waals surface area contributed by atoms with Crippen molar-refractivity contribution < 1.29 is 34.0 Å². The third-order valence-electron chi connectivity index (χ3n) is 8.08. The van der Waals surface area contributed by atoms with E-state index in [1.807, 2.05) is 6.07 Å². The highest BCUT2D eigenvalue weighted by atomic mass is 16.6. The maximum absolute atomic E-state index is 13.3. The zero-order valence-electron chi connectivity index (χ0n) is 18.8. The van der Waals surface area contributed by atoms with Gasteiger partial charge in [-0.1, -0.05) is 42.8 Å². The van der Waals surface area contributed by atoms with E-state index in [2.05, 4.69) is 0 Å². The summed E-state index contributed by atoms with van der Waals surface area (Å²) in [7, 11) is 0. The van der Waals surface area contributed by atoms with Crippen LogP contribution in [0.1, 0.15) is 55.4 Å². The van der Waals surface area contributed by atoms with E-state index in [4.69, 9.17) is 14.2 Å². The molecule has 176 valence electrons. The molecule has 4 aliphatic rings. The van der Waals surface area contributed by atoms with Crippen molar-refractivity contribution >= 4 is 11.9 Å². The van der Waals surface area contributed by atoms with Crippen LogP contribution < -0.4 is 4.74 Å². The number of aromatic hydroxyl groups is 1. The second kappa shape index (κ2) is 7.34. The van der Waals surface area contributed by atoms with Gasteiger partial charge in [0.25, 0.3) is 0 Å². The highest BCUT2D eigenvalue weighted by molar-refractivity contribution is 5.81. The first-order valence-corrected chi connectivity index (χ1v) is 11.7. The van der Waals surface area contributed by atoms with Crippen LogP contribution in [0.25, 0.3) is 0 Å². The number of benzene rings is 2. The summed E-state index contributed by atoms with van der Waals surface area (Å²) in [6.07, 6.45) is 3.26. The predicted octanol–water partition coefficient (Wildman–Crippen LogP) is 3.61. The monoisotopic (exact) mass is 462 g/mol. The van der Waals surface area contributed by atoms with Crippen molar-refractivity contribution in [1.29, 1.82) is 0 Å². The number of rotatable bonds is 4. The van der Waals surface area contributed by atoms with Gasteiger partial charge in [0, 0.05) is 18.1 Å². The Balaban J connectivity index is 1.40. The van der Waals surface area contributed by atoms with Gasteiger partial charge in [-0.2, -0.15) is 0 Å². The van der Waals surface area contributed by atoms with Crippen LogP contribution in [0.2, 0.25) is 0 Å². The molecule has 0 unspecified atom stereocenters. The Morgan fingerprint density at radius 1 is 1.18 bits per heavy atom. The maximum Gasteiger partial charge on any atom is 0.357 e. The van der Waals surface area contributed by atoms with Crippen LogP contribution in [0.4, 0.5) is 0 Å². The smallest absolute Gasteiger partial charge is 0.357 e. The summed E-state index contributed by atoms with van der Waals surface area (Å²) in [6.45, 7) is 1.24. The molecular formula is C27H26O7. The number of ether oxygens (including phenoxy) is 3. The standard InChI is InChI=1S/C27H26O7/c1-15(28)32-22(16-6-3-2-4-7-16)25(30)33-20-11-13-27(31)18-8-5-12-26(27)21-17(14-18)9-10-19(29)23(21)34-24(20)26/h2-4,6-7,9-11,18,22,24,29,31H,5,8,12-14H2,1H3/t18-,22-,24+,26+,27-/m0/s1. The molecule has 7 heteroatoms. The van der Waals surface area contributed by atoms with Crippen molar-refractivity contribution in [2.75, 3.05) is 0 Å². The van der Waals surface area contributed by atoms with Crippen LogP contribution in [0.5, 0.6) is 11.5 Å². The van der Waals surface area contributed by atoms with Crippen LogP contribution in [0.15, 0.2) is 54.3 Å². The molecule has 1 spiro atoms. The summed E-state index contributed by atoms with van der Waals surface area (Å²) in [5.41, 5.74) is 0.564. The molecule has 2 aromatic rings. The van der Waals surface area contributed by atoms with Crippen molar-refractivity contribution in [3.63, 3.8) is 0 Å². The molecule has 6 rings (SSSR count). The minimum atomic E-state index is -1.23. The first-order chi connectivity index (χ1) is 16.3. The van der Waals surface area contributed by atoms with Gasteiger partial charge in [-0.15, -0.1) is 0 Å². The molecule has 34 heavy (non-hydrogen) atoms. The molecule has 5 atom stereocenters. The first kappa shape index (κ1) is 21.2. The summed E-state index contributed by atoms with van der Waals surface area (Å²) >= 11 is 0. The molecule has 0 amide bonds. The molecule has 2 N–H and O–H groups in total. The highest BCUT2D eigenvalue weighted by Crippen LogP contribution is 2.67. The van der Waals surface area contributed by atoms with Crippen molar-refractivity contribution in [2.24, 2.45) is 5.92 Å². The third-order valence-corrected chi connectivity index (χ3v) is 8.08. The Kier molecular flexibility index (Phi) is 4.58. The Bertz CT molecular complexity index is 1220. The molecule has 1 aliphatic heterocycles. The van der Waals surface area contributed by atoms with E-state index in [0.717, 1.165) is 30.4 Å². The summed E-state index contributed by atoms with van der Waals surface area (Å²) in [5.74, 6) is -0.611. The Morgan fingerprint density at radius 3 is 2.74 bits per heavy atom.